The van der Waals surface area contributed by atoms with Gasteiger partial charge >= 0.3 is 6.18 Å². The van der Waals surface area contributed by atoms with Crippen molar-refractivity contribution in [3.8, 4) is 0 Å². The molecular formula is C6H4ClF3N2. The quantitative estimate of drug-likeness (QED) is 0.647. The summed E-state index contributed by atoms with van der Waals surface area (Å²) in [6.07, 6.45) is -3.52. The van der Waals surface area contributed by atoms with Crippen LogP contribution in [-0.4, -0.2) is 4.98 Å². The van der Waals surface area contributed by atoms with Gasteiger partial charge in [0.2, 0.25) is 0 Å². The summed E-state index contributed by atoms with van der Waals surface area (Å²) in [7, 11) is 0. The van der Waals surface area contributed by atoms with E-state index in [9.17, 15) is 13.2 Å². The van der Waals surface area contributed by atoms with Crippen molar-refractivity contribution in [3.05, 3.63) is 23.0 Å². The smallest absolute Gasteiger partial charge is 0.396 e. The first-order valence-corrected chi connectivity index (χ1v) is 3.28. The highest BCUT2D eigenvalue weighted by atomic mass is 35.5. The summed E-state index contributed by atoms with van der Waals surface area (Å²) in [5.74, 6) is 0. The SMILES string of the molecule is Nc1c(C(F)(F)F)ccnc1Cl. The zero-order valence-corrected chi connectivity index (χ0v) is 6.45. The molecule has 12 heavy (non-hydrogen) atoms. The molecule has 6 heteroatoms. The number of rotatable bonds is 0. The molecule has 66 valence electrons. The van der Waals surface area contributed by atoms with Crippen LogP contribution in [0, 0.1) is 0 Å². The van der Waals surface area contributed by atoms with Crippen molar-refractivity contribution in [3.63, 3.8) is 0 Å². The summed E-state index contributed by atoms with van der Waals surface area (Å²) in [5, 5.41) is -0.329. The highest BCUT2D eigenvalue weighted by molar-refractivity contribution is 6.31. The van der Waals surface area contributed by atoms with Crippen LogP contribution in [0.3, 0.4) is 0 Å². The average molecular weight is 197 g/mol. The molecule has 2 N–H and O–H groups in total. The van der Waals surface area contributed by atoms with E-state index in [1.807, 2.05) is 0 Å². The highest BCUT2D eigenvalue weighted by Crippen LogP contribution is 2.35. The lowest BCUT2D eigenvalue weighted by Gasteiger charge is -2.09. The summed E-state index contributed by atoms with van der Waals surface area (Å²) < 4.78 is 36.2. The first-order valence-electron chi connectivity index (χ1n) is 2.90. The predicted molar refractivity (Wildman–Crippen MR) is 38.7 cm³/mol. The maximum Gasteiger partial charge on any atom is 0.418 e. The molecule has 1 aromatic heterocycles. The fourth-order valence-electron chi connectivity index (χ4n) is 0.695. The van der Waals surface area contributed by atoms with E-state index in [2.05, 4.69) is 4.98 Å². The average Bonchev–Trinajstić information content (AvgIpc) is 1.92. The van der Waals surface area contributed by atoms with Crippen LogP contribution < -0.4 is 5.73 Å². The number of alkyl halides is 3. The number of aromatic nitrogens is 1. The van der Waals surface area contributed by atoms with Gasteiger partial charge in [0.05, 0.1) is 11.3 Å². The molecule has 0 saturated carbocycles. The molecule has 0 radical (unpaired) electrons. The largest absolute Gasteiger partial charge is 0.418 e. The van der Waals surface area contributed by atoms with Gasteiger partial charge in [0.1, 0.15) is 0 Å². The molecule has 0 spiro atoms. The van der Waals surface area contributed by atoms with E-state index in [0.29, 0.717) is 0 Å². The van der Waals surface area contributed by atoms with E-state index < -0.39 is 17.4 Å². The van der Waals surface area contributed by atoms with Gasteiger partial charge in [-0.1, -0.05) is 11.6 Å². The Morgan fingerprint density at radius 1 is 1.42 bits per heavy atom. The fourth-order valence-corrected chi connectivity index (χ4v) is 0.853. The minimum atomic E-state index is -4.48. The van der Waals surface area contributed by atoms with Crippen LogP contribution in [0.4, 0.5) is 18.9 Å². The third-order valence-electron chi connectivity index (χ3n) is 1.25. The van der Waals surface area contributed by atoms with E-state index in [4.69, 9.17) is 17.3 Å². The minimum Gasteiger partial charge on any atom is -0.396 e. The van der Waals surface area contributed by atoms with Crippen LogP contribution in [-0.2, 0) is 6.18 Å². The minimum absolute atomic E-state index is 0.329. The third kappa shape index (κ3) is 1.61. The standard InChI is InChI=1S/C6H4ClF3N2/c7-5-4(11)3(1-2-12-5)6(8,9)10/h1-2H,11H2. The van der Waals surface area contributed by atoms with Crippen LogP contribution >= 0.6 is 11.6 Å². The van der Waals surface area contributed by atoms with Crippen molar-refractivity contribution in [1.29, 1.82) is 0 Å². The van der Waals surface area contributed by atoms with Crippen LogP contribution in [0.15, 0.2) is 12.3 Å². The Balaban J connectivity index is 3.26. The predicted octanol–water partition coefficient (Wildman–Crippen LogP) is 2.34. The van der Waals surface area contributed by atoms with Crippen molar-refractivity contribution in [1.82, 2.24) is 4.98 Å². The number of nitrogens with zero attached hydrogens (tertiary/aromatic N) is 1. The van der Waals surface area contributed by atoms with Crippen molar-refractivity contribution in [2.24, 2.45) is 0 Å². The summed E-state index contributed by atoms with van der Waals surface area (Å²) in [4.78, 5) is 3.39. The van der Waals surface area contributed by atoms with Gasteiger partial charge in [0, 0.05) is 6.20 Å². The number of halogens is 4. The lowest BCUT2D eigenvalue weighted by atomic mass is 10.2. The summed E-state index contributed by atoms with van der Waals surface area (Å²) in [5.41, 5.74) is 3.56. The van der Waals surface area contributed by atoms with E-state index >= 15 is 0 Å². The zero-order chi connectivity index (χ0) is 9.35. The maximum absolute atomic E-state index is 12.1. The van der Waals surface area contributed by atoms with Crippen LogP contribution in [0.2, 0.25) is 5.15 Å². The van der Waals surface area contributed by atoms with E-state index in [1.54, 1.807) is 0 Å². The number of pyridine rings is 1. The second-order valence-electron chi connectivity index (χ2n) is 2.06. The zero-order valence-electron chi connectivity index (χ0n) is 5.69. The molecule has 0 atom stereocenters. The van der Waals surface area contributed by atoms with Crippen LogP contribution in [0.25, 0.3) is 0 Å². The van der Waals surface area contributed by atoms with Crippen molar-refractivity contribution < 1.29 is 13.2 Å². The molecule has 0 saturated heterocycles. The summed E-state index contributed by atoms with van der Waals surface area (Å²) in [6.45, 7) is 0. The second kappa shape index (κ2) is 2.82. The molecule has 0 amide bonds. The number of anilines is 1. The Hall–Kier alpha value is -0.970. The number of nitrogen functional groups attached to an aromatic ring is 1. The van der Waals surface area contributed by atoms with Crippen LogP contribution in [0.1, 0.15) is 5.56 Å². The number of nitrogens with two attached hydrogens (primary N) is 1. The molecular weight excluding hydrogens is 193 g/mol. The lowest BCUT2D eigenvalue weighted by molar-refractivity contribution is -0.136. The molecule has 1 heterocycles. The summed E-state index contributed by atoms with van der Waals surface area (Å²) >= 11 is 5.28. The topological polar surface area (TPSA) is 38.9 Å². The van der Waals surface area contributed by atoms with Crippen molar-refractivity contribution in [2.45, 2.75) is 6.18 Å². The Morgan fingerprint density at radius 2 is 2.00 bits per heavy atom. The normalized spacial score (nSPS) is 11.7. The molecule has 0 bridgehead atoms. The molecule has 1 rings (SSSR count). The molecule has 0 fully saturated rings. The number of hydrogen-bond acceptors (Lipinski definition) is 2. The maximum atomic E-state index is 12.1. The van der Waals surface area contributed by atoms with Gasteiger partial charge in [-0.15, -0.1) is 0 Å². The van der Waals surface area contributed by atoms with Gasteiger partial charge in [-0.25, -0.2) is 4.98 Å². The summed E-state index contributed by atoms with van der Waals surface area (Å²) in [6, 6.07) is 0.779. The van der Waals surface area contributed by atoms with Gasteiger partial charge in [0.25, 0.3) is 0 Å². The van der Waals surface area contributed by atoms with Gasteiger partial charge < -0.3 is 5.73 Å². The van der Waals surface area contributed by atoms with E-state index in [1.165, 1.54) is 0 Å². The molecule has 0 aromatic carbocycles. The first-order chi connectivity index (χ1) is 5.43. The molecule has 0 unspecified atom stereocenters. The second-order valence-corrected chi connectivity index (χ2v) is 2.42. The molecule has 0 aliphatic heterocycles. The molecule has 0 aliphatic carbocycles. The van der Waals surface area contributed by atoms with Gasteiger partial charge in [0.15, 0.2) is 5.15 Å². The van der Waals surface area contributed by atoms with E-state index in [-0.39, 0.29) is 5.15 Å². The van der Waals surface area contributed by atoms with Gasteiger partial charge in [-0.3, -0.25) is 0 Å². The highest BCUT2D eigenvalue weighted by Gasteiger charge is 2.33. The van der Waals surface area contributed by atoms with Crippen molar-refractivity contribution in [2.75, 3.05) is 5.73 Å². The van der Waals surface area contributed by atoms with Crippen LogP contribution in [0.5, 0.6) is 0 Å². The van der Waals surface area contributed by atoms with Gasteiger partial charge in [-0.05, 0) is 6.07 Å². The Morgan fingerprint density at radius 3 is 2.42 bits per heavy atom. The Bertz CT molecular complexity index is 297. The monoisotopic (exact) mass is 196 g/mol. The number of hydrogen-bond donors (Lipinski definition) is 1. The Labute approximate surface area is 71.2 Å². The molecule has 2 nitrogen and oxygen atoms in total. The van der Waals surface area contributed by atoms with E-state index in [0.717, 1.165) is 12.3 Å². The van der Waals surface area contributed by atoms with Gasteiger partial charge in [-0.2, -0.15) is 13.2 Å². The third-order valence-corrected chi connectivity index (χ3v) is 1.55. The van der Waals surface area contributed by atoms with Crippen molar-refractivity contribution >= 4 is 17.3 Å². The fraction of sp³-hybridized carbons (Fsp3) is 0.167. The Kier molecular flexibility index (Phi) is 2.14. The first kappa shape index (κ1) is 9.12. The lowest BCUT2D eigenvalue weighted by Crippen LogP contribution is -2.09. The molecule has 1 aromatic rings. The molecule has 0 aliphatic rings.